The van der Waals surface area contributed by atoms with Gasteiger partial charge in [-0.15, -0.1) is 0 Å². The molecule has 0 radical (unpaired) electrons. The Hall–Kier alpha value is -1.84. The van der Waals surface area contributed by atoms with Gasteiger partial charge in [-0.3, -0.25) is 4.79 Å². The van der Waals surface area contributed by atoms with Crippen molar-refractivity contribution in [3.63, 3.8) is 0 Å². The Balaban J connectivity index is 1.86. The number of nitrogens with one attached hydrogen (secondary N) is 1. The molecule has 2 atom stereocenters. The lowest BCUT2D eigenvalue weighted by molar-refractivity contribution is -0.122. The molecule has 0 aliphatic heterocycles. The first-order valence-corrected chi connectivity index (χ1v) is 6.06. The van der Waals surface area contributed by atoms with Crippen LogP contribution in [0.25, 0.3) is 0 Å². The van der Waals surface area contributed by atoms with Crippen LogP contribution in [0, 0.1) is 11.8 Å². The maximum absolute atomic E-state index is 11.6. The molecule has 18 heavy (non-hydrogen) atoms. The minimum atomic E-state index is -0.350. The lowest BCUT2D eigenvalue weighted by Crippen LogP contribution is -2.24. The van der Waals surface area contributed by atoms with E-state index >= 15 is 0 Å². The molecule has 0 aromatic heterocycles. The lowest BCUT2D eigenvalue weighted by Gasteiger charge is -2.05. The van der Waals surface area contributed by atoms with Crippen molar-refractivity contribution in [3.05, 3.63) is 35.4 Å². The van der Waals surface area contributed by atoms with Crippen molar-refractivity contribution in [2.45, 2.75) is 19.9 Å². The molecule has 1 aromatic rings. The number of carbonyl (C=O) groups excluding carboxylic acids is 2. The van der Waals surface area contributed by atoms with Crippen LogP contribution in [0.15, 0.2) is 24.3 Å². The first kappa shape index (κ1) is 12.6. The normalized spacial score (nSPS) is 21.2. The zero-order valence-corrected chi connectivity index (χ0v) is 10.6. The Morgan fingerprint density at radius 3 is 2.44 bits per heavy atom. The molecule has 1 N–H and O–H groups in total. The van der Waals surface area contributed by atoms with E-state index in [1.165, 1.54) is 7.11 Å². The van der Waals surface area contributed by atoms with E-state index in [1.54, 1.807) is 12.1 Å². The third-order valence-corrected chi connectivity index (χ3v) is 3.29. The Kier molecular flexibility index (Phi) is 3.65. The van der Waals surface area contributed by atoms with Gasteiger partial charge in [0, 0.05) is 12.5 Å². The fraction of sp³-hybridized carbons (Fsp3) is 0.429. The van der Waals surface area contributed by atoms with Gasteiger partial charge in [0.15, 0.2) is 0 Å². The number of carbonyl (C=O) groups is 2. The van der Waals surface area contributed by atoms with Crippen molar-refractivity contribution >= 4 is 11.9 Å². The molecule has 0 heterocycles. The van der Waals surface area contributed by atoms with Crippen LogP contribution in [0.5, 0.6) is 0 Å². The van der Waals surface area contributed by atoms with Crippen LogP contribution in [0.2, 0.25) is 0 Å². The number of rotatable bonds is 4. The van der Waals surface area contributed by atoms with Crippen LogP contribution in [0.4, 0.5) is 0 Å². The smallest absolute Gasteiger partial charge is 0.337 e. The van der Waals surface area contributed by atoms with Crippen molar-refractivity contribution in [1.82, 2.24) is 5.32 Å². The minimum Gasteiger partial charge on any atom is -0.465 e. The fourth-order valence-corrected chi connectivity index (χ4v) is 1.88. The predicted molar refractivity (Wildman–Crippen MR) is 66.9 cm³/mol. The molecule has 1 saturated carbocycles. The van der Waals surface area contributed by atoms with E-state index in [0.717, 1.165) is 12.0 Å². The topological polar surface area (TPSA) is 55.4 Å². The summed E-state index contributed by atoms with van der Waals surface area (Å²) >= 11 is 0. The third kappa shape index (κ3) is 2.88. The molecular weight excluding hydrogens is 230 g/mol. The molecule has 1 aliphatic carbocycles. The van der Waals surface area contributed by atoms with Gasteiger partial charge in [-0.1, -0.05) is 19.1 Å². The first-order chi connectivity index (χ1) is 8.61. The molecule has 0 bridgehead atoms. The average molecular weight is 247 g/mol. The van der Waals surface area contributed by atoms with Gasteiger partial charge in [0.2, 0.25) is 5.91 Å². The van der Waals surface area contributed by atoms with E-state index in [2.05, 4.69) is 17.0 Å². The van der Waals surface area contributed by atoms with Gasteiger partial charge in [-0.25, -0.2) is 4.79 Å². The summed E-state index contributed by atoms with van der Waals surface area (Å²) in [6.45, 7) is 2.58. The number of ether oxygens (including phenoxy) is 1. The summed E-state index contributed by atoms with van der Waals surface area (Å²) in [6, 6.07) is 7.05. The molecule has 1 aromatic carbocycles. The summed E-state index contributed by atoms with van der Waals surface area (Å²) < 4.78 is 4.62. The maximum atomic E-state index is 11.6. The van der Waals surface area contributed by atoms with Crippen molar-refractivity contribution in [2.24, 2.45) is 11.8 Å². The maximum Gasteiger partial charge on any atom is 0.337 e. The molecule has 0 unspecified atom stereocenters. The highest BCUT2D eigenvalue weighted by Gasteiger charge is 2.38. The monoisotopic (exact) mass is 247 g/mol. The van der Waals surface area contributed by atoms with Crippen molar-refractivity contribution < 1.29 is 14.3 Å². The van der Waals surface area contributed by atoms with Gasteiger partial charge in [0.05, 0.1) is 12.7 Å². The molecule has 1 aliphatic rings. The second-order valence-corrected chi connectivity index (χ2v) is 4.73. The van der Waals surface area contributed by atoms with Crippen molar-refractivity contribution in [1.29, 1.82) is 0 Å². The number of methoxy groups -OCH3 is 1. The lowest BCUT2D eigenvalue weighted by atomic mass is 10.1. The molecule has 4 heteroatoms. The molecule has 2 rings (SSSR count). The van der Waals surface area contributed by atoms with Gasteiger partial charge >= 0.3 is 5.97 Å². The van der Waals surface area contributed by atoms with Crippen LogP contribution in [0.3, 0.4) is 0 Å². The zero-order valence-electron chi connectivity index (χ0n) is 10.6. The minimum absolute atomic E-state index is 0.125. The Morgan fingerprint density at radius 1 is 1.33 bits per heavy atom. The van der Waals surface area contributed by atoms with Crippen molar-refractivity contribution in [2.75, 3.05) is 7.11 Å². The van der Waals surface area contributed by atoms with Crippen LogP contribution in [-0.2, 0) is 16.1 Å². The van der Waals surface area contributed by atoms with Gasteiger partial charge in [0.1, 0.15) is 0 Å². The van der Waals surface area contributed by atoms with Crippen LogP contribution in [0.1, 0.15) is 29.3 Å². The highest BCUT2D eigenvalue weighted by atomic mass is 16.5. The Labute approximate surface area is 106 Å². The quantitative estimate of drug-likeness (QED) is 0.825. The number of amides is 1. The van der Waals surface area contributed by atoms with E-state index < -0.39 is 0 Å². The Morgan fingerprint density at radius 2 is 1.94 bits per heavy atom. The fourth-order valence-electron chi connectivity index (χ4n) is 1.88. The number of hydrogen-bond donors (Lipinski definition) is 1. The molecule has 1 amide bonds. The van der Waals surface area contributed by atoms with Gasteiger partial charge < -0.3 is 10.1 Å². The van der Waals surface area contributed by atoms with E-state index in [0.29, 0.717) is 18.0 Å². The van der Waals surface area contributed by atoms with E-state index in [9.17, 15) is 9.59 Å². The van der Waals surface area contributed by atoms with Gasteiger partial charge in [0.25, 0.3) is 0 Å². The highest BCUT2D eigenvalue weighted by molar-refractivity contribution is 5.89. The molecular formula is C14H17NO3. The molecule has 0 spiro atoms. The second-order valence-electron chi connectivity index (χ2n) is 4.73. The summed E-state index contributed by atoms with van der Waals surface area (Å²) in [5.74, 6) is 0.489. The first-order valence-electron chi connectivity index (χ1n) is 6.06. The molecule has 1 fully saturated rings. The SMILES string of the molecule is COC(=O)c1ccc(CNC(=O)[C@H]2C[C@H]2C)cc1. The van der Waals surface area contributed by atoms with Crippen molar-refractivity contribution in [3.8, 4) is 0 Å². The van der Waals surface area contributed by atoms with E-state index in [-0.39, 0.29) is 17.8 Å². The molecule has 0 saturated heterocycles. The van der Waals surface area contributed by atoms with Crippen LogP contribution in [-0.4, -0.2) is 19.0 Å². The number of benzene rings is 1. The molecule has 96 valence electrons. The standard InChI is InChI=1S/C14H17NO3/c1-9-7-12(9)13(16)15-8-10-3-5-11(6-4-10)14(17)18-2/h3-6,9,12H,7-8H2,1-2H3,(H,15,16)/t9-,12+/m1/s1. The molecule has 4 nitrogen and oxygen atoms in total. The summed E-state index contributed by atoms with van der Waals surface area (Å²) in [5, 5.41) is 2.90. The van der Waals surface area contributed by atoms with Gasteiger partial charge in [-0.05, 0) is 30.0 Å². The summed E-state index contributed by atoms with van der Waals surface area (Å²) in [5.41, 5.74) is 1.49. The Bertz CT molecular complexity index is 453. The highest BCUT2D eigenvalue weighted by Crippen LogP contribution is 2.37. The van der Waals surface area contributed by atoms with Gasteiger partial charge in [-0.2, -0.15) is 0 Å². The number of hydrogen-bond acceptors (Lipinski definition) is 3. The van der Waals surface area contributed by atoms with E-state index in [1.807, 2.05) is 12.1 Å². The number of esters is 1. The summed E-state index contributed by atoms with van der Waals surface area (Å²) in [6.07, 6.45) is 0.993. The zero-order chi connectivity index (χ0) is 13.1. The third-order valence-electron chi connectivity index (χ3n) is 3.29. The van der Waals surface area contributed by atoms with Crippen LogP contribution < -0.4 is 5.32 Å². The second kappa shape index (κ2) is 5.21. The van der Waals surface area contributed by atoms with E-state index in [4.69, 9.17) is 0 Å². The summed E-state index contributed by atoms with van der Waals surface area (Å²) in [4.78, 5) is 22.9. The largest absolute Gasteiger partial charge is 0.465 e. The average Bonchev–Trinajstić information content (AvgIpc) is 3.13. The van der Waals surface area contributed by atoms with Crippen LogP contribution >= 0.6 is 0 Å². The predicted octanol–water partition coefficient (Wildman–Crippen LogP) is 1.75. The summed E-state index contributed by atoms with van der Waals surface area (Å²) in [7, 11) is 1.35.